The van der Waals surface area contributed by atoms with Gasteiger partial charge in [-0.15, -0.1) is 0 Å². The summed E-state index contributed by atoms with van der Waals surface area (Å²) in [5.74, 6) is -0.284. The Bertz CT molecular complexity index is 1820. The largest absolute Gasteiger partial charge is 0.444 e. The summed E-state index contributed by atoms with van der Waals surface area (Å²) in [7, 11) is 0. The molecule has 1 fully saturated rings. The fraction of sp³-hybridized carbons (Fsp3) is 0.385. The van der Waals surface area contributed by atoms with Crippen molar-refractivity contribution in [3.05, 3.63) is 109 Å². The van der Waals surface area contributed by atoms with Crippen molar-refractivity contribution in [2.45, 2.75) is 64.4 Å². The van der Waals surface area contributed by atoms with Gasteiger partial charge in [0.1, 0.15) is 29.0 Å². The highest BCUT2D eigenvalue weighted by molar-refractivity contribution is 5.98. The summed E-state index contributed by atoms with van der Waals surface area (Å²) >= 11 is 0. The van der Waals surface area contributed by atoms with Crippen LogP contribution >= 0.6 is 0 Å². The van der Waals surface area contributed by atoms with Gasteiger partial charge in [0, 0.05) is 38.6 Å². The zero-order chi connectivity index (χ0) is 38.0. The first-order valence-electron chi connectivity index (χ1n) is 17.6. The van der Waals surface area contributed by atoms with Crippen LogP contribution in [0, 0.1) is 0 Å². The molecule has 0 radical (unpaired) electrons. The zero-order valence-electron chi connectivity index (χ0n) is 30.8. The molecule has 0 bridgehead atoms. The second-order valence-corrected chi connectivity index (χ2v) is 14.3. The number of anilines is 2. The fourth-order valence-electron chi connectivity index (χ4n) is 5.71. The molecule has 0 spiro atoms. The van der Waals surface area contributed by atoms with Crippen LogP contribution in [0.4, 0.5) is 16.4 Å². The van der Waals surface area contributed by atoms with Crippen molar-refractivity contribution in [1.82, 2.24) is 30.1 Å². The smallest absolute Gasteiger partial charge is 0.408 e. The van der Waals surface area contributed by atoms with Crippen LogP contribution in [0.1, 0.15) is 51.8 Å². The molecule has 2 aromatic heterocycles. The normalized spacial score (nSPS) is 14.5. The van der Waals surface area contributed by atoms with Gasteiger partial charge in [0.05, 0.1) is 19.5 Å². The van der Waals surface area contributed by atoms with Crippen molar-refractivity contribution in [1.29, 1.82) is 0 Å². The molecule has 53 heavy (non-hydrogen) atoms. The molecule has 280 valence electrons. The molecule has 4 amide bonds. The van der Waals surface area contributed by atoms with Crippen molar-refractivity contribution in [2.75, 3.05) is 43.0 Å². The lowest BCUT2D eigenvalue weighted by molar-refractivity contribution is -0.134. The fourth-order valence-corrected chi connectivity index (χ4v) is 5.71. The molecule has 2 unspecified atom stereocenters. The second-order valence-electron chi connectivity index (χ2n) is 14.3. The topological polar surface area (TPSA) is 160 Å². The lowest BCUT2D eigenvalue weighted by Gasteiger charge is -2.37. The van der Waals surface area contributed by atoms with Gasteiger partial charge in [-0.3, -0.25) is 14.4 Å². The quantitative estimate of drug-likeness (QED) is 0.184. The first kappa shape index (κ1) is 38.5. The van der Waals surface area contributed by atoms with E-state index in [0.717, 1.165) is 16.9 Å². The number of hydrogen-bond donors (Lipinski definition) is 3. The predicted octanol–water partition coefficient (Wildman–Crippen LogP) is 4.16. The summed E-state index contributed by atoms with van der Waals surface area (Å²) in [6, 6.07) is 22.7. The molecule has 2 aromatic carbocycles. The number of aromatic nitrogens is 3. The molecular formula is C39H48N8O6. The van der Waals surface area contributed by atoms with E-state index in [0.29, 0.717) is 26.2 Å². The third kappa shape index (κ3) is 10.9. The Labute approximate surface area is 309 Å². The minimum absolute atomic E-state index is 0.105. The first-order valence-corrected chi connectivity index (χ1v) is 17.6. The third-order valence-electron chi connectivity index (χ3n) is 8.46. The lowest BCUT2D eigenvalue weighted by atomic mass is 10.0. The minimum Gasteiger partial charge on any atom is -0.444 e. The molecule has 0 aliphatic carbocycles. The average molecular weight is 725 g/mol. The second kappa shape index (κ2) is 17.2. The van der Waals surface area contributed by atoms with E-state index in [2.05, 4.69) is 30.8 Å². The van der Waals surface area contributed by atoms with Gasteiger partial charge in [-0.25, -0.2) is 14.8 Å². The molecule has 3 N–H and O–H groups in total. The van der Waals surface area contributed by atoms with Gasteiger partial charge in [0.2, 0.25) is 11.8 Å². The molecular weight excluding hydrogens is 676 g/mol. The Morgan fingerprint density at radius 1 is 0.830 bits per heavy atom. The molecule has 5 rings (SSSR count). The van der Waals surface area contributed by atoms with Gasteiger partial charge in [0.25, 0.3) is 5.91 Å². The van der Waals surface area contributed by atoms with Crippen LogP contribution in [0.15, 0.2) is 97.6 Å². The van der Waals surface area contributed by atoms with Crippen molar-refractivity contribution in [2.24, 2.45) is 0 Å². The minimum atomic E-state index is -1.44. The molecule has 14 heteroatoms. The number of rotatable bonds is 13. The molecule has 0 saturated carbocycles. The Morgan fingerprint density at radius 3 is 2.13 bits per heavy atom. The van der Waals surface area contributed by atoms with E-state index < -0.39 is 41.1 Å². The van der Waals surface area contributed by atoms with Crippen LogP contribution in [0.3, 0.4) is 0 Å². The van der Waals surface area contributed by atoms with Crippen molar-refractivity contribution in [3.8, 4) is 0 Å². The van der Waals surface area contributed by atoms with Crippen molar-refractivity contribution in [3.63, 3.8) is 0 Å². The van der Waals surface area contributed by atoms with E-state index in [1.165, 1.54) is 20.2 Å². The number of amides is 4. The summed E-state index contributed by atoms with van der Waals surface area (Å²) in [6.07, 6.45) is 4.08. The standard InChI is InChI=1S/C39H48N8O6/c1-38(2,3)53-37(51)44-39(4,5)36(50)42-30(26-52-25-28-14-8-6-9-15-28)34(48)43-31-24-47(27-41-31)33(29-16-10-7-11-17-29)35(49)46-22-20-45(21-23-46)32-18-12-13-19-40-32/h6-19,24,27,30,33H,20-23,25-26H2,1-5H3,(H,42,50)(H,43,48)(H,44,51). The van der Waals surface area contributed by atoms with E-state index in [4.69, 9.17) is 9.47 Å². The van der Waals surface area contributed by atoms with Crippen LogP contribution < -0.4 is 20.9 Å². The van der Waals surface area contributed by atoms with Crippen molar-refractivity contribution >= 4 is 35.5 Å². The number of alkyl carbamates (subject to hydrolysis) is 1. The van der Waals surface area contributed by atoms with Gasteiger partial charge in [0.15, 0.2) is 5.82 Å². The number of piperazine rings is 1. The van der Waals surface area contributed by atoms with Crippen LogP contribution in [-0.4, -0.2) is 93.2 Å². The maximum atomic E-state index is 14.1. The Hall–Kier alpha value is -5.76. The molecule has 1 saturated heterocycles. The number of ether oxygens (including phenoxy) is 2. The summed E-state index contributed by atoms with van der Waals surface area (Å²) in [6.45, 7) is 10.5. The molecule has 1 aliphatic rings. The van der Waals surface area contributed by atoms with Crippen LogP contribution in [0.25, 0.3) is 0 Å². The summed E-state index contributed by atoms with van der Waals surface area (Å²) in [5.41, 5.74) is -0.557. The van der Waals surface area contributed by atoms with E-state index >= 15 is 0 Å². The number of nitrogens with one attached hydrogen (secondary N) is 3. The van der Waals surface area contributed by atoms with Crippen LogP contribution in [0.2, 0.25) is 0 Å². The summed E-state index contributed by atoms with van der Waals surface area (Å²) in [5, 5.41) is 8.05. The molecule has 1 aliphatic heterocycles. The molecule has 14 nitrogen and oxygen atoms in total. The van der Waals surface area contributed by atoms with Crippen molar-refractivity contribution < 1.29 is 28.7 Å². The Kier molecular flexibility index (Phi) is 12.5. The summed E-state index contributed by atoms with van der Waals surface area (Å²) < 4.78 is 12.9. The molecule has 2 atom stereocenters. The van der Waals surface area contributed by atoms with Crippen LogP contribution in [-0.2, 0) is 30.5 Å². The van der Waals surface area contributed by atoms with E-state index in [-0.39, 0.29) is 24.9 Å². The van der Waals surface area contributed by atoms with Gasteiger partial charge in [-0.1, -0.05) is 66.7 Å². The van der Waals surface area contributed by atoms with Crippen LogP contribution in [0.5, 0.6) is 0 Å². The first-order chi connectivity index (χ1) is 25.3. The highest BCUT2D eigenvalue weighted by Gasteiger charge is 2.35. The van der Waals surface area contributed by atoms with E-state index in [1.54, 1.807) is 37.7 Å². The number of carbonyl (C=O) groups is 4. The van der Waals surface area contributed by atoms with Gasteiger partial charge in [-0.2, -0.15) is 0 Å². The SMILES string of the molecule is CC(C)(C)OC(=O)NC(C)(C)C(=O)NC(COCc1ccccc1)C(=O)Nc1cn(C(C(=O)N2CCN(c3ccccn3)CC2)c2ccccc2)cn1. The number of hydrogen-bond acceptors (Lipinski definition) is 9. The van der Waals surface area contributed by atoms with Gasteiger partial charge in [-0.05, 0) is 57.9 Å². The number of imidazole rings is 1. The zero-order valence-corrected chi connectivity index (χ0v) is 30.8. The number of pyridine rings is 1. The Balaban J connectivity index is 1.30. The third-order valence-corrected chi connectivity index (χ3v) is 8.46. The van der Waals surface area contributed by atoms with Gasteiger partial charge >= 0.3 is 6.09 Å². The predicted molar refractivity (Wildman–Crippen MR) is 200 cm³/mol. The molecule has 3 heterocycles. The molecule has 4 aromatic rings. The average Bonchev–Trinajstić information content (AvgIpc) is 3.59. The lowest BCUT2D eigenvalue weighted by Crippen LogP contribution is -2.59. The van der Waals surface area contributed by atoms with Gasteiger partial charge < -0.3 is 39.8 Å². The highest BCUT2D eigenvalue weighted by Crippen LogP contribution is 2.24. The maximum Gasteiger partial charge on any atom is 0.408 e. The maximum absolute atomic E-state index is 14.1. The highest BCUT2D eigenvalue weighted by atomic mass is 16.6. The number of benzene rings is 2. The van der Waals surface area contributed by atoms with E-state index in [1.807, 2.05) is 83.8 Å². The van der Waals surface area contributed by atoms with E-state index in [9.17, 15) is 19.2 Å². The Morgan fingerprint density at radius 2 is 1.49 bits per heavy atom. The summed E-state index contributed by atoms with van der Waals surface area (Å²) in [4.78, 5) is 66.7. The number of nitrogens with zero attached hydrogens (tertiary/aromatic N) is 5. The monoisotopic (exact) mass is 724 g/mol. The number of carbonyl (C=O) groups excluding carboxylic acids is 4.